The molecule has 0 aliphatic carbocycles. The molecule has 1 aliphatic rings. The molecule has 2 amide bonds. The van der Waals surface area contributed by atoms with Crippen molar-refractivity contribution in [2.45, 2.75) is 30.6 Å². The third kappa shape index (κ3) is 4.55. The summed E-state index contributed by atoms with van der Waals surface area (Å²) < 4.78 is 46.6. The average Bonchev–Trinajstić information content (AvgIpc) is 3.07. The summed E-state index contributed by atoms with van der Waals surface area (Å²) in [5, 5.41) is 3.15. The number of rotatable bonds is 6. The number of azide groups is 1. The highest BCUT2D eigenvalue weighted by atomic mass is 19.4. The number of cyclic esters (lactones) is 1. The number of ether oxygens (including phenoxy) is 1. The molecule has 7 nitrogen and oxygen atoms in total. The molecule has 2 aromatic rings. The summed E-state index contributed by atoms with van der Waals surface area (Å²) in [4.78, 5) is 28.3. The Kier molecular flexibility index (Phi) is 6.27. The number of imide groups is 1. The molecule has 0 aromatic heterocycles. The van der Waals surface area contributed by atoms with Crippen molar-refractivity contribution in [2.24, 2.45) is 5.11 Å². The lowest BCUT2D eigenvalue weighted by molar-refractivity contribution is -0.163. The number of halogens is 3. The number of hydrogen-bond donors (Lipinski definition) is 0. The van der Waals surface area contributed by atoms with E-state index < -0.39 is 36.2 Å². The molecule has 156 valence electrons. The maximum Gasteiger partial charge on any atom is 0.416 e. The van der Waals surface area contributed by atoms with E-state index in [4.69, 9.17) is 10.3 Å². The molecular weight excluding hydrogens is 401 g/mol. The number of carbonyl (C=O) groups is 2. The third-order valence-corrected chi connectivity index (χ3v) is 4.77. The minimum absolute atomic E-state index is 0.162. The maximum absolute atomic E-state index is 13.9. The van der Waals surface area contributed by atoms with Crippen LogP contribution in [0.25, 0.3) is 10.4 Å². The highest BCUT2D eigenvalue weighted by molar-refractivity contribution is 5.97. The predicted molar refractivity (Wildman–Crippen MR) is 100 cm³/mol. The van der Waals surface area contributed by atoms with Gasteiger partial charge in [0.05, 0.1) is 12.0 Å². The SMILES string of the molecule is [N-]=[N+]=NC(C(=O)N1C(=O)OC[C@@H]1Cc1ccccc1)[C@@H](c1ccccc1)C(F)(F)F. The second-order valence-electron chi connectivity index (χ2n) is 6.71. The standard InChI is InChI=1S/C20H17F3N4O3/c21-20(22,23)16(14-9-5-2-6-10-14)17(25-26-24)18(28)27-15(12-30-19(27)29)11-13-7-3-1-4-8-13/h1-10,15-17H,11-12H2/t15-,16+,17?/m0/s1. The monoisotopic (exact) mass is 418 g/mol. The van der Waals surface area contributed by atoms with Crippen molar-refractivity contribution in [1.29, 1.82) is 0 Å². The summed E-state index contributed by atoms with van der Waals surface area (Å²) in [5.74, 6) is -3.66. The molecule has 2 aromatic carbocycles. The molecule has 0 spiro atoms. The molecular formula is C20H17F3N4O3. The van der Waals surface area contributed by atoms with Crippen LogP contribution in [-0.2, 0) is 16.0 Å². The highest BCUT2D eigenvalue weighted by Crippen LogP contribution is 2.40. The summed E-state index contributed by atoms with van der Waals surface area (Å²) in [5.41, 5.74) is 9.39. The fraction of sp³-hybridized carbons (Fsp3) is 0.300. The molecule has 10 heteroatoms. The number of benzene rings is 2. The average molecular weight is 418 g/mol. The van der Waals surface area contributed by atoms with Gasteiger partial charge in [0.2, 0.25) is 5.91 Å². The fourth-order valence-corrected chi connectivity index (χ4v) is 3.43. The van der Waals surface area contributed by atoms with Gasteiger partial charge >= 0.3 is 12.3 Å². The minimum Gasteiger partial charge on any atom is -0.447 e. The molecule has 30 heavy (non-hydrogen) atoms. The second-order valence-corrected chi connectivity index (χ2v) is 6.71. The maximum atomic E-state index is 13.9. The van der Waals surface area contributed by atoms with Gasteiger partial charge in [-0.3, -0.25) is 4.79 Å². The van der Waals surface area contributed by atoms with Crippen LogP contribution in [-0.4, -0.2) is 41.8 Å². The lowest BCUT2D eigenvalue weighted by Crippen LogP contribution is -2.49. The number of carbonyl (C=O) groups excluding carboxylic acids is 2. The van der Waals surface area contributed by atoms with Crippen LogP contribution in [0.15, 0.2) is 65.8 Å². The van der Waals surface area contributed by atoms with Crippen LogP contribution in [0.1, 0.15) is 17.0 Å². The first-order valence-corrected chi connectivity index (χ1v) is 9.02. The van der Waals surface area contributed by atoms with Gasteiger partial charge in [0.15, 0.2) is 0 Å². The van der Waals surface area contributed by atoms with Crippen molar-refractivity contribution in [2.75, 3.05) is 6.61 Å². The topological polar surface area (TPSA) is 95.4 Å². The lowest BCUT2D eigenvalue weighted by atomic mass is 9.90. The normalized spacial score (nSPS) is 18.3. The van der Waals surface area contributed by atoms with E-state index in [2.05, 4.69) is 10.0 Å². The zero-order valence-electron chi connectivity index (χ0n) is 15.6. The summed E-state index contributed by atoms with van der Waals surface area (Å²) in [6.45, 7) is -0.162. The van der Waals surface area contributed by atoms with E-state index >= 15 is 0 Å². The van der Waals surface area contributed by atoms with Gasteiger partial charge in [-0.25, -0.2) is 9.69 Å². The van der Waals surface area contributed by atoms with Crippen LogP contribution in [0.4, 0.5) is 18.0 Å². The van der Waals surface area contributed by atoms with Gasteiger partial charge < -0.3 is 4.74 Å². The first-order chi connectivity index (χ1) is 14.3. The summed E-state index contributed by atoms with van der Waals surface area (Å²) in [7, 11) is 0. The lowest BCUT2D eigenvalue weighted by Gasteiger charge is -2.29. The van der Waals surface area contributed by atoms with Crippen LogP contribution in [0.3, 0.4) is 0 Å². The number of amides is 2. The summed E-state index contributed by atoms with van der Waals surface area (Å²) in [6.07, 6.45) is -5.76. The molecule has 1 unspecified atom stereocenters. The van der Waals surface area contributed by atoms with Crippen molar-refractivity contribution in [3.63, 3.8) is 0 Å². The molecule has 1 aliphatic heterocycles. The molecule has 0 saturated carbocycles. The third-order valence-electron chi connectivity index (χ3n) is 4.77. The van der Waals surface area contributed by atoms with Gasteiger partial charge in [0.25, 0.3) is 0 Å². The molecule has 1 heterocycles. The van der Waals surface area contributed by atoms with Gasteiger partial charge in [-0.1, -0.05) is 65.8 Å². The van der Waals surface area contributed by atoms with Gasteiger partial charge in [-0.15, -0.1) is 0 Å². The smallest absolute Gasteiger partial charge is 0.416 e. The van der Waals surface area contributed by atoms with E-state index in [1.807, 2.05) is 0 Å². The first-order valence-electron chi connectivity index (χ1n) is 9.02. The summed E-state index contributed by atoms with van der Waals surface area (Å²) >= 11 is 0. The van der Waals surface area contributed by atoms with E-state index in [1.165, 1.54) is 30.3 Å². The molecule has 3 atom stereocenters. The number of alkyl halides is 3. The highest BCUT2D eigenvalue weighted by Gasteiger charge is 2.51. The van der Waals surface area contributed by atoms with E-state index in [1.54, 1.807) is 30.3 Å². The Balaban J connectivity index is 1.96. The van der Waals surface area contributed by atoms with Crippen molar-refractivity contribution in [3.8, 4) is 0 Å². The Morgan fingerprint density at radius 2 is 1.77 bits per heavy atom. The quantitative estimate of drug-likeness (QED) is 0.390. The minimum atomic E-state index is -4.89. The molecule has 1 saturated heterocycles. The van der Waals surface area contributed by atoms with Crippen LogP contribution in [0.2, 0.25) is 0 Å². The van der Waals surface area contributed by atoms with E-state index in [-0.39, 0.29) is 18.6 Å². The van der Waals surface area contributed by atoms with Crippen LogP contribution < -0.4 is 0 Å². The zero-order chi connectivity index (χ0) is 21.7. The molecule has 0 radical (unpaired) electrons. The van der Waals surface area contributed by atoms with Gasteiger partial charge in [-0.05, 0) is 23.1 Å². The molecule has 3 rings (SSSR count). The van der Waals surface area contributed by atoms with Crippen molar-refractivity contribution < 1.29 is 27.5 Å². The Labute approximate surface area is 169 Å². The van der Waals surface area contributed by atoms with E-state index in [0.29, 0.717) is 4.90 Å². The number of hydrogen-bond acceptors (Lipinski definition) is 4. The predicted octanol–water partition coefficient (Wildman–Crippen LogP) is 4.60. The van der Waals surface area contributed by atoms with Crippen LogP contribution in [0.5, 0.6) is 0 Å². The molecule has 0 bridgehead atoms. The van der Waals surface area contributed by atoms with Crippen molar-refractivity contribution in [3.05, 3.63) is 82.2 Å². The van der Waals surface area contributed by atoms with Gasteiger partial charge in [0, 0.05) is 4.91 Å². The van der Waals surface area contributed by atoms with Crippen molar-refractivity contribution >= 4 is 12.0 Å². The Hall–Kier alpha value is -3.52. The Morgan fingerprint density at radius 3 is 2.33 bits per heavy atom. The summed E-state index contributed by atoms with van der Waals surface area (Å²) in [6, 6.07) is 12.5. The zero-order valence-corrected chi connectivity index (χ0v) is 15.6. The Morgan fingerprint density at radius 1 is 1.17 bits per heavy atom. The van der Waals surface area contributed by atoms with Crippen molar-refractivity contribution in [1.82, 2.24) is 4.90 Å². The fourth-order valence-electron chi connectivity index (χ4n) is 3.43. The van der Waals surface area contributed by atoms with E-state index in [0.717, 1.165) is 5.56 Å². The molecule has 1 fully saturated rings. The van der Waals surface area contributed by atoms with Crippen LogP contribution >= 0.6 is 0 Å². The second kappa shape index (κ2) is 8.87. The largest absolute Gasteiger partial charge is 0.447 e. The van der Waals surface area contributed by atoms with Crippen LogP contribution in [0, 0.1) is 0 Å². The van der Waals surface area contributed by atoms with E-state index in [9.17, 15) is 22.8 Å². The molecule has 0 N–H and O–H groups in total. The first kappa shape index (κ1) is 21.2. The van der Waals surface area contributed by atoms with Gasteiger partial charge in [-0.2, -0.15) is 13.2 Å². The number of nitrogens with zero attached hydrogens (tertiary/aromatic N) is 4. The Bertz CT molecular complexity index is 947. The van der Waals surface area contributed by atoms with Gasteiger partial charge in [0.1, 0.15) is 12.6 Å².